The molecule has 1 heterocycles. The summed E-state index contributed by atoms with van der Waals surface area (Å²) in [6.07, 6.45) is 0. The number of nitrogens with one attached hydrogen (secondary N) is 1. The Morgan fingerprint density at radius 3 is 2.90 bits per heavy atom. The predicted octanol–water partition coefficient (Wildman–Crippen LogP) is 3.26. The molecule has 2 rings (SSSR count). The number of rotatable bonds is 6. The normalized spacial score (nSPS) is 12.0. The molecule has 1 unspecified atom stereocenters. The molecule has 4 nitrogen and oxygen atoms in total. The second-order valence-corrected chi connectivity index (χ2v) is 6.99. The van der Waals surface area contributed by atoms with Gasteiger partial charge < -0.3 is 10.1 Å². The predicted molar refractivity (Wildman–Crippen MR) is 87.0 cm³/mol. The van der Waals surface area contributed by atoms with Crippen LogP contribution in [0.4, 0.5) is 0 Å². The van der Waals surface area contributed by atoms with Crippen molar-refractivity contribution in [2.45, 2.75) is 30.0 Å². The van der Waals surface area contributed by atoms with Crippen molar-refractivity contribution < 1.29 is 9.53 Å². The molecule has 0 bridgehead atoms. The van der Waals surface area contributed by atoms with E-state index in [-0.39, 0.29) is 11.2 Å². The lowest BCUT2D eigenvalue weighted by atomic mass is 10.2. The van der Waals surface area contributed by atoms with Gasteiger partial charge in [0.05, 0.1) is 12.4 Å². The Hall–Kier alpha value is -1.53. The Kier molecular flexibility index (Phi) is 5.64. The highest BCUT2D eigenvalue weighted by Crippen LogP contribution is 2.26. The molecule has 1 aromatic heterocycles. The van der Waals surface area contributed by atoms with E-state index >= 15 is 0 Å². The number of nitrogens with zero attached hydrogens (tertiary/aromatic N) is 1. The van der Waals surface area contributed by atoms with Crippen molar-refractivity contribution in [1.82, 2.24) is 10.3 Å². The summed E-state index contributed by atoms with van der Waals surface area (Å²) in [5, 5.41) is 4.75. The summed E-state index contributed by atoms with van der Waals surface area (Å²) in [5.41, 5.74) is 1.96. The molecular weight excluding hydrogens is 304 g/mol. The molecule has 1 N–H and O–H groups in total. The number of ether oxygens (including phenoxy) is 1. The van der Waals surface area contributed by atoms with Crippen LogP contribution in [0.15, 0.2) is 34.0 Å². The number of para-hydroxylation sites is 1. The zero-order chi connectivity index (χ0) is 15.2. The zero-order valence-electron chi connectivity index (χ0n) is 12.3. The van der Waals surface area contributed by atoms with Crippen LogP contribution in [-0.4, -0.2) is 23.3 Å². The Labute approximate surface area is 132 Å². The molecular formula is C15H18N2O2S2. The van der Waals surface area contributed by atoms with Crippen molar-refractivity contribution in [3.63, 3.8) is 0 Å². The fourth-order valence-electron chi connectivity index (χ4n) is 1.77. The smallest absolute Gasteiger partial charge is 0.233 e. The molecule has 0 aliphatic heterocycles. The van der Waals surface area contributed by atoms with Gasteiger partial charge in [0, 0.05) is 23.2 Å². The first kappa shape index (κ1) is 15.9. The highest BCUT2D eigenvalue weighted by Gasteiger charge is 2.16. The van der Waals surface area contributed by atoms with Crippen LogP contribution < -0.4 is 10.1 Å². The maximum absolute atomic E-state index is 12.1. The number of thioether (sulfide) groups is 1. The minimum atomic E-state index is -0.176. The number of carbonyl (C=O) groups excluding carboxylic acids is 1. The standard InChI is InChI=1S/C15H18N2O2S2/c1-10-9-20-15(17-10)21-11(2)14(18)16-8-12-6-4-5-7-13(12)19-3/h4-7,9,11H,8H2,1-3H3,(H,16,18). The number of thiazole rings is 1. The Morgan fingerprint density at radius 2 is 2.24 bits per heavy atom. The summed E-state index contributed by atoms with van der Waals surface area (Å²) >= 11 is 3.05. The van der Waals surface area contributed by atoms with Crippen LogP contribution in [-0.2, 0) is 11.3 Å². The summed E-state index contributed by atoms with van der Waals surface area (Å²) in [7, 11) is 1.63. The van der Waals surface area contributed by atoms with Gasteiger partial charge in [0.15, 0.2) is 4.34 Å². The Morgan fingerprint density at radius 1 is 1.48 bits per heavy atom. The number of amides is 1. The number of aromatic nitrogens is 1. The summed E-state index contributed by atoms with van der Waals surface area (Å²) in [4.78, 5) is 16.5. The quantitative estimate of drug-likeness (QED) is 0.830. The largest absolute Gasteiger partial charge is 0.496 e. The molecule has 0 saturated heterocycles. The van der Waals surface area contributed by atoms with E-state index in [9.17, 15) is 4.79 Å². The molecule has 1 atom stereocenters. The van der Waals surface area contributed by atoms with E-state index in [0.29, 0.717) is 6.54 Å². The molecule has 0 aliphatic rings. The third-order valence-electron chi connectivity index (χ3n) is 2.89. The van der Waals surface area contributed by atoms with Gasteiger partial charge in [0.2, 0.25) is 5.91 Å². The zero-order valence-corrected chi connectivity index (χ0v) is 13.9. The van der Waals surface area contributed by atoms with Crippen molar-refractivity contribution in [3.05, 3.63) is 40.9 Å². The first-order chi connectivity index (χ1) is 10.1. The Balaban J connectivity index is 1.89. The molecule has 0 radical (unpaired) electrons. The maximum Gasteiger partial charge on any atom is 0.233 e. The van der Waals surface area contributed by atoms with Crippen molar-refractivity contribution in [3.8, 4) is 5.75 Å². The molecule has 6 heteroatoms. The van der Waals surface area contributed by atoms with E-state index in [4.69, 9.17) is 4.74 Å². The van der Waals surface area contributed by atoms with Crippen LogP contribution in [0.1, 0.15) is 18.2 Å². The first-order valence-electron chi connectivity index (χ1n) is 6.58. The molecule has 1 aromatic carbocycles. The number of hydrogen-bond acceptors (Lipinski definition) is 5. The summed E-state index contributed by atoms with van der Waals surface area (Å²) in [6.45, 7) is 4.30. The maximum atomic E-state index is 12.1. The molecule has 21 heavy (non-hydrogen) atoms. The second kappa shape index (κ2) is 7.47. The summed E-state index contributed by atoms with van der Waals surface area (Å²) < 4.78 is 6.20. The SMILES string of the molecule is COc1ccccc1CNC(=O)C(C)Sc1nc(C)cs1. The molecule has 112 valence electrons. The van der Waals surface area contributed by atoms with Gasteiger partial charge in [-0.3, -0.25) is 4.79 Å². The monoisotopic (exact) mass is 322 g/mol. The Bertz CT molecular complexity index is 613. The third kappa shape index (κ3) is 4.47. The van der Waals surface area contributed by atoms with Crippen molar-refractivity contribution in [2.24, 2.45) is 0 Å². The van der Waals surface area contributed by atoms with Crippen LogP contribution in [0.3, 0.4) is 0 Å². The minimum absolute atomic E-state index is 0.00115. The van der Waals surface area contributed by atoms with E-state index in [1.54, 1.807) is 18.4 Å². The van der Waals surface area contributed by atoms with E-state index in [2.05, 4.69) is 10.3 Å². The molecule has 1 amide bonds. The average molecular weight is 322 g/mol. The summed E-state index contributed by atoms with van der Waals surface area (Å²) in [6, 6.07) is 7.67. The van der Waals surface area contributed by atoms with Gasteiger partial charge in [-0.2, -0.15) is 0 Å². The minimum Gasteiger partial charge on any atom is -0.496 e. The fourth-order valence-corrected chi connectivity index (χ4v) is 3.78. The molecule has 2 aromatic rings. The molecule has 0 saturated carbocycles. The van der Waals surface area contributed by atoms with E-state index in [1.165, 1.54) is 11.8 Å². The van der Waals surface area contributed by atoms with Crippen LogP contribution in [0.5, 0.6) is 5.75 Å². The number of carbonyl (C=O) groups is 1. The lowest BCUT2D eigenvalue weighted by Gasteiger charge is -2.12. The molecule has 0 aliphatic carbocycles. The number of benzene rings is 1. The topological polar surface area (TPSA) is 51.2 Å². The van der Waals surface area contributed by atoms with Gasteiger partial charge in [-0.1, -0.05) is 30.0 Å². The van der Waals surface area contributed by atoms with Gasteiger partial charge in [0.25, 0.3) is 0 Å². The lowest BCUT2D eigenvalue weighted by molar-refractivity contribution is -0.120. The van der Waals surface area contributed by atoms with Crippen LogP contribution in [0.2, 0.25) is 0 Å². The van der Waals surface area contributed by atoms with Gasteiger partial charge in [-0.05, 0) is 19.9 Å². The third-order valence-corrected chi connectivity index (χ3v) is 5.08. The van der Waals surface area contributed by atoms with Gasteiger partial charge in [-0.15, -0.1) is 11.3 Å². The van der Waals surface area contributed by atoms with Crippen molar-refractivity contribution in [2.75, 3.05) is 7.11 Å². The lowest BCUT2D eigenvalue weighted by Crippen LogP contribution is -2.30. The highest BCUT2D eigenvalue weighted by molar-refractivity contribution is 8.02. The summed E-state index contributed by atoms with van der Waals surface area (Å²) in [5.74, 6) is 0.785. The average Bonchev–Trinajstić information content (AvgIpc) is 2.90. The van der Waals surface area contributed by atoms with E-state index in [0.717, 1.165) is 21.3 Å². The van der Waals surface area contributed by atoms with E-state index < -0.39 is 0 Å². The fraction of sp³-hybridized carbons (Fsp3) is 0.333. The van der Waals surface area contributed by atoms with E-state index in [1.807, 2.05) is 43.5 Å². The number of hydrogen-bond donors (Lipinski definition) is 1. The van der Waals surface area contributed by atoms with Crippen molar-refractivity contribution in [1.29, 1.82) is 0 Å². The number of methoxy groups -OCH3 is 1. The van der Waals surface area contributed by atoms with Crippen molar-refractivity contribution >= 4 is 29.0 Å². The van der Waals surface area contributed by atoms with Crippen LogP contribution in [0, 0.1) is 6.92 Å². The highest BCUT2D eigenvalue weighted by atomic mass is 32.2. The molecule has 0 fully saturated rings. The second-order valence-electron chi connectivity index (χ2n) is 4.54. The number of aryl methyl sites for hydroxylation is 1. The van der Waals surface area contributed by atoms with Gasteiger partial charge in [0.1, 0.15) is 5.75 Å². The first-order valence-corrected chi connectivity index (χ1v) is 8.34. The van der Waals surface area contributed by atoms with Crippen LogP contribution in [0.25, 0.3) is 0 Å². The van der Waals surface area contributed by atoms with Crippen LogP contribution >= 0.6 is 23.1 Å². The van der Waals surface area contributed by atoms with Gasteiger partial charge >= 0.3 is 0 Å². The van der Waals surface area contributed by atoms with Gasteiger partial charge in [-0.25, -0.2) is 4.98 Å². The molecule has 0 spiro atoms.